The third kappa shape index (κ3) is 4.59. The molecule has 11 nitrogen and oxygen atoms in total. The maximum absolute atomic E-state index is 12.9. The van der Waals surface area contributed by atoms with Gasteiger partial charge in [0.05, 0.1) is 24.8 Å². The molecular formula is C19H22F2N6O5S2. The molecule has 0 saturated carbocycles. The summed E-state index contributed by atoms with van der Waals surface area (Å²) in [5, 5.41) is 18.3. The number of thioether (sulfide) groups is 1. The lowest BCUT2D eigenvalue weighted by atomic mass is 9.99. The standard InChI is InChI=1S/C19H22F2N6O5S2/c1-8(26-4-2-3-5-26)9-6-33-16-12(15(29)27(16)13(9)17(30)31)24-14(28)11(25-32-18(20)21)10-7-34-19(22)23-10/h7-8,12,16,18H,2-6H2,1H3,(H2,22,23)(H,24,28)(H,30,31)/t8?,12?,16-/m1/s1. The summed E-state index contributed by atoms with van der Waals surface area (Å²) in [5.74, 6) is -2.72. The minimum atomic E-state index is -3.28. The van der Waals surface area contributed by atoms with Gasteiger partial charge in [-0.3, -0.25) is 14.5 Å². The van der Waals surface area contributed by atoms with E-state index in [0.717, 1.165) is 42.2 Å². The van der Waals surface area contributed by atoms with Crippen LogP contribution in [0.1, 0.15) is 25.5 Å². The van der Waals surface area contributed by atoms with Crippen molar-refractivity contribution < 1.29 is 38.0 Å². The van der Waals surface area contributed by atoms with E-state index in [1.807, 2.05) is 6.92 Å². The van der Waals surface area contributed by atoms with Gasteiger partial charge in [-0.1, -0.05) is 5.16 Å². The first-order valence-electron chi connectivity index (χ1n) is 10.5. The Bertz CT molecular complexity index is 1060. The number of nitrogens with two attached hydrogens (primary N) is 1. The molecule has 0 aliphatic carbocycles. The number of carbonyl (C=O) groups is 3. The summed E-state index contributed by atoms with van der Waals surface area (Å²) in [6.45, 7) is 0.516. The summed E-state index contributed by atoms with van der Waals surface area (Å²) in [6, 6.07) is -1.18. The number of anilines is 1. The number of amides is 2. The van der Waals surface area contributed by atoms with Crippen LogP contribution in [0.5, 0.6) is 0 Å². The minimum absolute atomic E-state index is 0.0757. The van der Waals surface area contributed by atoms with Gasteiger partial charge >= 0.3 is 6.61 Å². The zero-order valence-corrected chi connectivity index (χ0v) is 19.6. The van der Waals surface area contributed by atoms with Crippen LogP contribution in [-0.2, 0) is 19.2 Å². The molecule has 3 atom stereocenters. The van der Waals surface area contributed by atoms with Gasteiger partial charge in [0.15, 0.2) is 10.8 Å². The van der Waals surface area contributed by atoms with Crippen molar-refractivity contribution in [2.75, 3.05) is 24.6 Å². The van der Waals surface area contributed by atoms with Crippen LogP contribution in [0.4, 0.5) is 13.9 Å². The number of hydrogen-bond donors (Lipinski definition) is 3. The third-order valence-electron chi connectivity index (χ3n) is 6.06. The average molecular weight is 517 g/mol. The maximum Gasteiger partial charge on any atom is 0.407 e. The molecule has 0 spiro atoms. The van der Waals surface area contributed by atoms with E-state index in [2.05, 4.69) is 20.3 Å². The Morgan fingerprint density at radius 1 is 1.41 bits per heavy atom. The van der Waals surface area contributed by atoms with Crippen molar-refractivity contribution in [3.05, 3.63) is 22.3 Å². The first kappa shape index (κ1) is 24.3. The monoisotopic (exact) mass is 516 g/mol. The highest BCUT2D eigenvalue weighted by Gasteiger charge is 2.54. The van der Waals surface area contributed by atoms with Gasteiger partial charge in [-0.25, -0.2) is 4.98 Å². The number of rotatable bonds is 8. The lowest BCUT2D eigenvalue weighted by molar-refractivity contribution is -0.905. The van der Waals surface area contributed by atoms with Crippen LogP contribution >= 0.6 is 23.1 Å². The average Bonchev–Trinajstić information content (AvgIpc) is 3.48. The molecule has 4 rings (SSSR count). The third-order valence-corrected chi connectivity index (χ3v) is 8.04. The van der Waals surface area contributed by atoms with Crippen LogP contribution in [0.2, 0.25) is 0 Å². The molecule has 1 aromatic rings. The second-order valence-electron chi connectivity index (χ2n) is 7.99. The van der Waals surface area contributed by atoms with Crippen molar-refractivity contribution in [2.45, 2.75) is 43.8 Å². The van der Waals surface area contributed by atoms with E-state index < -0.39 is 41.5 Å². The molecule has 0 aromatic carbocycles. The molecule has 0 bridgehead atoms. The molecule has 3 aliphatic heterocycles. The number of halogens is 2. The van der Waals surface area contributed by atoms with Crippen molar-refractivity contribution in [3.8, 4) is 0 Å². The fourth-order valence-corrected chi connectivity index (χ4v) is 6.39. The number of alkyl halides is 2. The van der Waals surface area contributed by atoms with Crippen molar-refractivity contribution in [3.63, 3.8) is 0 Å². The first-order chi connectivity index (χ1) is 16.2. The van der Waals surface area contributed by atoms with Gasteiger partial charge in [-0.2, -0.15) is 8.78 Å². The summed E-state index contributed by atoms with van der Waals surface area (Å²) >= 11 is 2.28. The zero-order chi connectivity index (χ0) is 24.6. The molecular weight excluding hydrogens is 494 g/mol. The number of nitrogens with one attached hydrogen (secondary N) is 2. The van der Waals surface area contributed by atoms with Gasteiger partial charge in [0.25, 0.3) is 11.8 Å². The van der Waals surface area contributed by atoms with Crippen molar-refractivity contribution >= 4 is 51.7 Å². The van der Waals surface area contributed by atoms with Crippen LogP contribution in [0.3, 0.4) is 0 Å². The van der Waals surface area contributed by atoms with E-state index in [0.29, 0.717) is 11.3 Å². The van der Waals surface area contributed by atoms with Crippen molar-refractivity contribution in [1.82, 2.24) is 15.2 Å². The van der Waals surface area contributed by atoms with Gasteiger partial charge in [-0.15, -0.1) is 23.1 Å². The van der Waals surface area contributed by atoms with Crippen LogP contribution in [0.15, 0.2) is 21.8 Å². The van der Waals surface area contributed by atoms with Crippen molar-refractivity contribution in [1.29, 1.82) is 0 Å². The highest BCUT2D eigenvalue weighted by atomic mass is 32.2. The predicted octanol–water partition coefficient (Wildman–Crippen LogP) is -1.86. The minimum Gasteiger partial charge on any atom is -0.543 e. The highest BCUT2D eigenvalue weighted by Crippen LogP contribution is 2.40. The Morgan fingerprint density at radius 3 is 2.71 bits per heavy atom. The summed E-state index contributed by atoms with van der Waals surface area (Å²) in [4.78, 5) is 47.8. The quantitative estimate of drug-likeness (QED) is 0.207. The first-order valence-corrected chi connectivity index (χ1v) is 12.4. The number of nitrogen functional groups attached to an aromatic ring is 1. The van der Waals surface area contributed by atoms with Crippen molar-refractivity contribution in [2.24, 2.45) is 5.16 Å². The highest BCUT2D eigenvalue weighted by molar-refractivity contribution is 8.00. The number of nitrogens with zero attached hydrogens (tertiary/aromatic N) is 3. The lowest BCUT2D eigenvalue weighted by Crippen LogP contribution is -3.13. The molecule has 3 aliphatic rings. The molecule has 2 saturated heterocycles. The molecule has 2 fully saturated rings. The summed E-state index contributed by atoms with van der Waals surface area (Å²) in [5.41, 5.74) is 5.34. The Labute approximate surface area is 201 Å². The Kier molecular flexibility index (Phi) is 7.04. The number of carbonyl (C=O) groups excluding carboxylic acids is 3. The fraction of sp³-hybridized carbons (Fsp3) is 0.526. The molecule has 2 unspecified atom stereocenters. The maximum atomic E-state index is 12.9. The van der Waals surface area contributed by atoms with Gasteiger partial charge < -0.3 is 30.7 Å². The van der Waals surface area contributed by atoms with Gasteiger partial charge in [0, 0.05) is 29.5 Å². The molecule has 34 heavy (non-hydrogen) atoms. The topological polar surface area (TPSA) is 154 Å². The Morgan fingerprint density at radius 2 is 2.12 bits per heavy atom. The fourth-order valence-electron chi connectivity index (χ4n) is 4.37. The normalized spacial score (nSPS) is 24.2. The number of carboxylic acid groups (broad SMARTS) is 1. The summed E-state index contributed by atoms with van der Waals surface area (Å²) in [6.07, 6.45) is 2.12. The lowest BCUT2D eigenvalue weighted by Gasteiger charge is -2.51. The number of fused-ring (bicyclic) bond motifs is 1. The smallest absolute Gasteiger partial charge is 0.407 e. The van der Waals surface area contributed by atoms with Crippen LogP contribution in [0, 0.1) is 0 Å². The molecule has 15 heteroatoms. The van der Waals surface area contributed by atoms with E-state index in [9.17, 15) is 28.3 Å². The molecule has 1 aromatic heterocycles. The van der Waals surface area contributed by atoms with Gasteiger partial charge in [0.1, 0.15) is 23.2 Å². The van der Waals surface area contributed by atoms with Crippen LogP contribution in [0.25, 0.3) is 0 Å². The van der Waals surface area contributed by atoms with E-state index in [-0.39, 0.29) is 22.6 Å². The van der Waals surface area contributed by atoms with Crippen LogP contribution < -0.4 is 21.1 Å². The number of thiazole rings is 1. The summed E-state index contributed by atoms with van der Waals surface area (Å²) in [7, 11) is 0. The number of aliphatic carboxylic acids is 1. The number of aromatic nitrogens is 1. The molecule has 184 valence electrons. The second-order valence-corrected chi connectivity index (χ2v) is 9.98. The molecule has 4 heterocycles. The number of quaternary nitrogens is 1. The number of carboxylic acids is 1. The van der Waals surface area contributed by atoms with E-state index in [4.69, 9.17) is 5.73 Å². The van der Waals surface area contributed by atoms with Gasteiger partial charge in [-0.05, 0) is 6.92 Å². The largest absolute Gasteiger partial charge is 0.543 e. The Balaban J connectivity index is 1.53. The predicted molar refractivity (Wildman–Crippen MR) is 117 cm³/mol. The molecule has 0 radical (unpaired) electrons. The Hall–Kier alpha value is -2.78. The SMILES string of the molecule is CC(C1=C(C(=O)[O-])N2C(=O)C(NC(=O)C(=NOC(F)F)c3csc(N)n3)[C@H]2SC1)[NH+]1CCCC1. The number of oxime groups is 1. The number of hydrogen-bond acceptors (Lipinski definition) is 10. The van der Waals surface area contributed by atoms with Gasteiger partial charge in [0.2, 0.25) is 0 Å². The number of β-lactam (4-membered cyclic amide) rings is 1. The van der Waals surface area contributed by atoms with E-state index in [1.165, 1.54) is 22.0 Å². The van der Waals surface area contributed by atoms with Crippen LogP contribution in [-0.4, -0.2) is 76.3 Å². The number of likely N-dealkylation sites (tertiary alicyclic amines) is 1. The molecule has 4 N–H and O–H groups in total. The summed E-state index contributed by atoms with van der Waals surface area (Å²) < 4.78 is 25.0. The second kappa shape index (κ2) is 9.84. The van der Waals surface area contributed by atoms with E-state index >= 15 is 0 Å². The van der Waals surface area contributed by atoms with E-state index in [1.54, 1.807) is 0 Å². The zero-order valence-electron chi connectivity index (χ0n) is 18.0. The molecule has 2 amide bonds.